The van der Waals surface area contributed by atoms with E-state index in [-0.39, 0.29) is 12.0 Å². The largest absolute Gasteiger partial charge is 0.481 e. The summed E-state index contributed by atoms with van der Waals surface area (Å²) in [6, 6.07) is 12.8. The van der Waals surface area contributed by atoms with Crippen LogP contribution in [0.3, 0.4) is 0 Å². The summed E-state index contributed by atoms with van der Waals surface area (Å²) in [5.41, 5.74) is 4.78. The van der Waals surface area contributed by atoms with Crippen molar-refractivity contribution in [2.45, 2.75) is 70.4 Å². The van der Waals surface area contributed by atoms with Crippen molar-refractivity contribution in [3.05, 3.63) is 47.7 Å². The molecule has 0 saturated heterocycles. The number of hydrogen-bond donors (Lipinski definition) is 1. The molecule has 1 N–H and O–H groups in total. The molecule has 4 aliphatic carbocycles. The Kier molecular flexibility index (Phi) is 5.22. The number of carboxylic acids is 1. The first-order chi connectivity index (χ1) is 14.5. The Morgan fingerprint density at radius 1 is 1.03 bits per heavy atom. The van der Waals surface area contributed by atoms with Crippen LogP contribution < -0.4 is 0 Å². The number of benzene rings is 1. The molecule has 1 heterocycles. The maximum atomic E-state index is 11.1. The Hall–Kier alpha value is -2.07. The zero-order valence-electron chi connectivity index (χ0n) is 18.0. The maximum absolute atomic E-state index is 11.1. The lowest BCUT2D eigenvalue weighted by molar-refractivity contribution is -0.163. The van der Waals surface area contributed by atoms with Crippen LogP contribution in [0.4, 0.5) is 0 Å². The van der Waals surface area contributed by atoms with Gasteiger partial charge < -0.3 is 14.4 Å². The van der Waals surface area contributed by atoms with Crippen molar-refractivity contribution < 1.29 is 14.6 Å². The van der Waals surface area contributed by atoms with Gasteiger partial charge in [0.2, 0.25) is 0 Å². The van der Waals surface area contributed by atoms with Crippen LogP contribution in [-0.4, -0.2) is 27.9 Å². The van der Waals surface area contributed by atoms with Crippen molar-refractivity contribution in [3.63, 3.8) is 0 Å². The minimum absolute atomic E-state index is 0.118. The average Bonchev–Trinajstić information content (AvgIpc) is 3.08. The lowest BCUT2D eigenvalue weighted by Crippen LogP contribution is -2.52. The lowest BCUT2D eigenvalue weighted by Gasteiger charge is -2.56. The molecule has 0 radical (unpaired) electrons. The molecule has 4 saturated carbocycles. The van der Waals surface area contributed by atoms with Crippen molar-refractivity contribution in [2.75, 3.05) is 6.61 Å². The Morgan fingerprint density at radius 3 is 2.27 bits per heavy atom. The van der Waals surface area contributed by atoms with Crippen molar-refractivity contribution in [2.24, 2.45) is 17.8 Å². The van der Waals surface area contributed by atoms with Crippen LogP contribution in [-0.2, 0) is 22.5 Å². The lowest BCUT2D eigenvalue weighted by atomic mass is 9.54. The highest BCUT2D eigenvalue weighted by Crippen LogP contribution is 2.57. The summed E-state index contributed by atoms with van der Waals surface area (Å²) in [4.78, 5) is 11.1. The van der Waals surface area contributed by atoms with E-state index in [0.29, 0.717) is 13.0 Å². The second kappa shape index (κ2) is 7.88. The minimum Gasteiger partial charge on any atom is -0.481 e. The van der Waals surface area contributed by atoms with Gasteiger partial charge in [-0.3, -0.25) is 4.79 Å². The third-order valence-electron chi connectivity index (χ3n) is 7.72. The maximum Gasteiger partial charge on any atom is 0.303 e. The van der Waals surface area contributed by atoms with Gasteiger partial charge in [0.05, 0.1) is 18.6 Å². The molecule has 6 rings (SSSR count). The zero-order chi connectivity index (χ0) is 20.7. The quantitative estimate of drug-likeness (QED) is 0.632. The third-order valence-corrected chi connectivity index (χ3v) is 7.72. The molecule has 30 heavy (non-hydrogen) atoms. The molecule has 4 nitrogen and oxygen atoms in total. The van der Waals surface area contributed by atoms with Gasteiger partial charge >= 0.3 is 5.97 Å². The molecule has 160 valence electrons. The third kappa shape index (κ3) is 3.94. The molecule has 4 bridgehead atoms. The summed E-state index contributed by atoms with van der Waals surface area (Å²) >= 11 is 0. The normalized spacial score (nSPS) is 29.4. The van der Waals surface area contributed by atoms with Crippen molar-refractivity contribution in [1.29, 1.82) is 0 Å². The van der Waals surface area contributed by atoms with Gasteiger partial charge in [-0.25, -0.2) is 0 Å². The molecule has 2 aromatic rings. The molecule has 0 unspecified atom stereocenters. The molecule has 1 aromatic carbocycles. The van der Waals surface area contributed by atoms with E-state index in [2.05, 4.69) is 47.9 Å². The van der Waals surface area contributed by atoms with E-state index < -0.39 is 5.97 Å². The number of aromatic nitrogens is 1. The van der Waals surface area contributed by atoms with Gasteiger partial charge in [-0.1, -0.05) is 29.8 Å². The van der Waals surface area contributed by atoms with E-state index in [1.165, 1.54) is 49.7 Å². The smallest absolute Gasteiger partial charge is 0.303 e. The first kappa shape index (κ1) is 19.9. The summed E-state index contributed by atoms with van der Waals surface area (Å²) in [6.45, 7) is 3.59. The van der Waals surface area contributed by atoms with Crippen molar-refractivity contribution in [3.8, 4) is 11.3 Å². The number of ether oxygens (including phenoxy) is 1. The van der Waals surface area contributed by atoms with Gasteiger partial charge in [0.15, 0.2) is 0 Å². The highest BCUT2D eigenvalue weighted by atomic mass is 16.5. The second-order valence-corrected chi connectivity index (χ2v) is 10.1. The molecule has 0 spiro atoms. The molecule has 0 atom stereocenters. The number of aryl methyl sites for hydroxylation is 2. The Labute approximate surface area is 179 Å². The second-order valence-electron chi connectivity index (χ2n) is 10.1. The fourth-order valence-electron chi connectivity index (χ4n) is 6.76. The molecule has 0 aliphatic heterocycles. The summed E-state index contributed by atoms with van der Waals surface area (Å²) in [5, 5.41) is 9.16. The van der Waals surface area contributed by atoms with Crippen LogP contribution in [0.1, 0.15) is 56.2 Å². The van der Waals surface area contributed by atoms with Gasteiger partial charge in [-0.2, -0.15) is 0 Å². The number of hydrogen-bond acceptors (Lipinski definition) is 2. The minimum atomic E-state index is -0.746. The summed E-state index contributed by atoms with van der Waals surface area (Å²) in [5.74, 6) is 1.91. The molecular weight excluding hydrogens is 374 g/mol. The van der Waals surface area contributed by atoms with Crippen LogP contribution in [0, 0.1) is 24.7 Å². The van der Waals surface area contributed by atoms with Crippen molar-refractivity contribution in [1.82, 2.24) is 4.57 Å². The predicted molar refractivity (Wildman–Crippen MR) is 117 cm³/mol. The first-order valence-corrected chi connectivity index (χ1v) is 11.6. The molecule has 4 aliphatic rings. The van der Waals surface area contributed by atoms with Crippen LogP contribution >= 0.6 is 0 Å². The van der Waals surface area contributed by atoms with Gasteiger partial charge in [-0.05, 0) is 87.3 Å². The number of aliphatic carboxylic acids is 1. The fraction of sp³-hybridized carbons (Fsp3) is 0.577. The molecule has 0 amide bonds. The Bertz CT molecular complexity index is 876. The topological polar surface area (TPSA) is 51.5 Å². The average molecular weight is 408 g/mol. The number of carbonyl (C=O) groups is 1. The number of carboxylic acid groups (broad SMARTS) is 1. The fourth-order valence-corrected chi connectivity index (χ4v) is 6.76. The van der Waals surface area contributed by atoms with E-state index in [9.17, 15) is 4.79 Å². The number of nitrogens with zero attached hydrogens (tertiary/aromatic N) is 1. The summed E-state index contributed by atoms with van der Waals surface area (Å²) in [6.07, 6.45) is 8.75. The standard InChI is InChI=1S/C26H33NO3/c1-18-2-4-22(5-3-18)24-8-6-23(7-9-25(28)29)27(24)10-11-30-26-15-19-12-20(16-26)14-21(13-19)17-26/h2-6,8,19-21H,7,9-17H2,1H3,(H,28,29). The predicted octanol–water partition coefficient (Wildman–Crippen LogP) is 5.47. The summed E-state index contributed by atoms with van der Waals surface area (Å²) in [7, 11) is 0. The van der Waals surface area contributed by atoms with E-state index >= 15 is 0 Å². The van der Waals surface area contributed by atoms with Crippen LogP contribution in [0.5, 0.6) is 0 Å². The van der Waals surface area contributed by atoms with Gasteiger partial charge in [-0.15, -0.1) is 0 Å². The highest BCUT2D eigenvalue weighted by molar-refractivity contribution is 5.67. The molecule has 4 heteroatoms. The van der Waals surface area contributed by atoms with Gasteiger partial charge in [0.1, 0.15) is 0 Å². The Balaban J connectivity index is 1.32. The van der Waals surface area contributed by atoms with E-state index in [1.54, 1.807) is 0 Å². The van der Waals surface area contributed by atoms with E-state index in [0.717, 1.165) is 35.7 Å². The highest BCUT2D eigenvalue weighted by Gasteiger charge is 2.51. The zero-order valence-corrected chi connectivity index (χ0v) is 18.0. The molecule has 1 aromatic heterocycles. The number of rotatable bonds is 8. The monoisotopic (exact) mass is 407 g/mol. The van der Waals surface area contributed by atoms with Crippen LogP contribution in [0.15, 0.2) is 36.4 Å². The van der Waals surface area contributed by atoms with Gasteiger partial charge in [0.25, 0.3) is 0 Å². The molecular formula is C26H33NO3. The van der Waals surface area contributed by atoms with Crippen LogP contribution in [0.25, 0.3) is 11.3 Å². The Morgan fingerprint density at radius 2 is 1.67 bits per heavy atom. The first-order valence-electron chi connectivity index (χ1n) is 11.6. The SMILES string of the molecule is Cc1ccc(-c2ccc(CCC(=O)O)n2CCOC23CC4CC(CC(C4)C2)C3)cc1. The van der Waals surface area contributed by atoms with Crippen molar-refractivity contribution >= 4 is 5.97 Å². The van der Waals surface area contributed by atoms with Gasteiger partial charge in [0, 0.05) is 17.9 Å². The van der Waals surface area contributed by atoms with E-state index in [4.69, 9.17) is 9.84 Å². The summed E-state index contributed by atoms with van der Waals surface area (Å²) < 4.78 is 8.95. The van der Waals surface area contributed by atoms with E-state index in [1.807, 2.05) is 0 Å². The van der Waals surface area contributed by atoms with Crippen LogP contribution in [0.2, 0.25) is 0 Å². The molecule has 4 fully saturated rings.